The Labute approximate surface area is 113 Å². The highest BCUT2D eigenvalue weighted by Gasteiger charge is 2.12. The molecule has 1 aromatic heterocycles. The number of carbonyl (C=O) groups excluding carboxylic acids is 1. The number of fused-ring (bicyclic) bond motifs is 1. The summed E-state index contributed by atoms with van der Waals surface area (Å²) < 4.78 is 2.12. The second-order valence-corrected chi connectivity index (χ2v) is 4.72. The lowest BCUT2D eigenvalue weighted by Crippen LogP contribution is -2.10. The Morgan fingerprint density at radius 2 is 2.11 bits per heavy atom. The minimum atomic E-state index is 0.249. The minimum absolute atomic E-state index is 0.249. The van der Waals surface area contributed by atoms with Crippen LogP contribution < -0.4 is 5.73 Å². The van der Waals surface area contributed by atoms with Crippen LogP contribution in [0.5, 0.6) is 0 Å². The van der Waals surface area contributed by atoms with E-state index in [2.05, 4.69) is 16.5 Å². The number of Topliss-reactive ketones (excluding diaryl/α,β-unsaturated/α-hetero) is 1. The fraction of sp³-hybridized carbons (Fsp3) is 0.467. The molecule has 2 rings (SSSR count). The van der Waals surface area contributed by atoms with Crippen molar-refractivity contribution < 1.29 is 4.79 Å². The summed E-state index contributed by atoms with van der Waals surface area (Å²) in [6.45, 7) is 3.57. The molecule has 1 heterocycles. The molecule has 0 saturated heterocycles. The predicted octanol–water partition coefficient (Wildman–Crippen LogP) is 2.30. The van der Waals surface area contributed by atoms with E-state index in [1.165, 1.54) is 0 Å². The predicted molar refractivity (Wildman–Crippen MR) is 77.0 cm³/mol. The van der Waals surface area contributed by atoms with Gasteiger partial charge >= 0.3 is 0 Å². The van der Waals surface area contributed by atoms with Crippen molar-refractivity contribution in [2.45, 2.75) is 39.2 Å². The summed E-state index contributed by atoms with van der Waals surface area (Å²) in [6, 6.07) is 8.02. The molecule has 4 nitrogen and oxygen atoms in total. The molecular weight excluding hydrogens is 238 g/mol. The number of rotatable bonds is 7. The summed E-state index contributed by atoms with van der Waals surface area (Å²) in [7, 11) is 0. The van der Waals surface area contributed by atoms with Gasteiger partial charge in [-0.05, 0) is 38.4 Å². The Bertz CT molecular complexity index is 560. The normalized spacial score (nSPS) is 11.1. The number of aryl methyl sites for hydroxylation is 1. The number of ketones is 1. The van der Waals surface area contributed by atoms with Crippen LogP contribution in [0.15, 0.2) is 24.3 Å². The third-order valence-electron chi connectivity index (χ3n) is 3.31. The molecule has 0 fully saturated rings. The van der Waals surface area contributed by atoms with Crippen LogP contribution in [-0.4, -0.2) is 21.9 Å². The number of unbranched alkanes of at least 4 members (excludes halogenated alkanes) is 1. The number of hydrogen-bond donors (Lipinski definition) is 1. The van der Waals surface area contributed by atoms with Gasteiger partial charge in [-0.1, -0.05) is 12.1 Å². The van der Waals surface area contributed by atoms with Gasteiger partial charge in [0.1, 0.15) is 11.6 Å². The van der Waals surface area contributed by atoms with Crippen molar-refractivity contribution in [3.05, 3.63) is 30.1 Å². The van der Waals surface area contributed by atoms with E-state index in [9.17, 15) is 4.79 Å². The molecule has 102 valence electrons. The zero-order valence-corrected chi connectivity index (χ0v) is 11.4. The van der Waals surface area contributed by atoms with E-state index in [1.807, 2.05) is 24.3 Å². The average molecular weight is 259 g/mol. The Morgan fingerprint density at radius 3 is 2.84 bits per heavy atom. The van der Waals surface area contributed by atoms with Gasteiger partial charge in [0.05, 0.1) is 17.5 Å². The number of para-hydroxylation sites is 2. The van der Waals surface area contributed by atoms with E-state index in [0.29, 0.717) is 19.4 Å². The van der Waals surface area contributed by atoms with E-state index in [4.69, 9.17) is 5.73 Å². The first-order valence-electron chi connectivity index (χ1n) is 6.92. The number of aromatic nitrogens is 2. The van der Waals surface area contributed by atoms with Crippen molar-refractivity contribution in [3.8, 4) is 0 Å². The minimum Gasteiger partial charge on any atom is -0.330 e. The molecule has 1 aromatic carbocycles. The van der Waals surface area contributed by atoms with Gasteiger partial charge in [0.25, 0.3) is 0 Å². The number of nitrogens with zero attached hydrogens (tertiary/aromatic N) is 2. The van der Waals surface area contributed by atoms with Crippen molar-refractivity contribution in [1.29, 1.82) is 0 Å². The summed E-state index contributed by atoms with van der Waals surface area (Å²) in [4.78, 5) is 16.5. The monoisotopic (exact) mass is 259 g/mol. The fourth-order valence-electron chi connectivity index (χ4n) is 2.34. The summed E-state index contributed by atoms with van der Waals surface area (Å²) >= 11 is 0. The summed E-state index contributed by atoms with van der Waals surface area (Å²) in [5.41, 5.74) is 7.51. The average Bonchev–Trinajstić information content (AvgIpc) is 2.76. The van der Waals surface area contributed by atoms with E-state index in [1.54, 1.807) is 0 Å². The molecule has 19 heavy (non-hydrogen) atoms. The molecule has 0 amide bonds. The van der Waals surface area contributed by atoms with Gasteiger partial charge in [0.2, 0.25) is 0 Å². The molecule has 0 unspecified atom stereocenters. The van der Waals surface area contributed by atoms with Crippen molar-refractivity contribution in [2.75, 3.05) is 6.54 Å². The van der Waals surface area contributed by atoms with Gasteiger partial charge in [-0.2, -0.15) is 0 Å². The van der Waals surface area contributed by atoms with Crippen molar-refractivity contribution in [1.82, 2.24) is 9.55 Å². The highest BCUT2D eigenvalue weighted by atomic mass is 16.1. The largest absolute Gasteiger partial charge is 0.330 e. The topological polar surface area (TPSA) is 60.9 Å². The molecule has 0 radical (unpaired) electrons. The standard InChI is InChI=1S/C15H21N3O/c1-2-18-14-9-4-3-8-13(14)17-15(18)11-12(19)7-5-6-10-16/h3-4,8-9H,2,5-7,10-11,16H2,1H3. The van der Waals surface area contributed by atoms with Gasteiger partial charge in [-0.3, -0.25) is 4.79 Å². The van der Waals surface area contributed by atoms with Crippen LogP contribution in [-0.2, 0) is 17.8 Å². The molecule has 0 spiro atoms. The van der Waals surface area contributed by atoms with Crippen LogP contribution in [0.2, 0.25) is 0 Å². The van der Waals surface area contributed by atoms with Crippen molar-refractivity contribution >= 4 is 16.8 Å². The van der Waals surface area contributed by atoms with Gasteiger partial charge in [-0.25, -0.2) is 4.98 Å². The maximum absolute atomic E-state index is 11.9. The molecule has 0 aliphatic rings. The Morgan fingerprint density at radius 1 is 1.32 bits per heavy atom. The second kappa shape index (κ2) is 6.48. The van der Waals surface area contributed by atoms with Crippen LogP contribution in [0.1, 0.15) is 32.0 Å². The molecule has 2 aromatic rings. The van der Waals surface area contributed by atoms with E-state index in [-0.39, 0.29) is 5.78 Å². The molecule has 4 heteroatoms. The van der Waals surface area contributed by atoms with Gasteiger partial charge in [0.15, 0.2) is 0 Å². The van der Waals surface area contributed by atoms with Gasteiger partial charge in [-0.15, -0.1) is 0 Å². The van der Waals surface area contributed by atoms with Crippen LogP contribution in [0.25, 0.3) is 11.0 Å². The van der Waals surface area contributed by atoms with Crippen LogP contribution in [0.4, 0.5) is 0 Å². The molecule has 0 saturated carbocycles. The SMILES string of the molecule is CCn1c(CC(=O)CCCCN)nc2ccccc21. The summed E-state index contributed by atoms with van der Waals surface area (Å²) in [6.07, 6.45) is 2.81. The first-order valence-corrected chi connectivity index (χ1v) is 6.92. The van der Waals surface area contributed by atoms with E-state index < -0.39 is 0 Å². The van der Waals surface area contributed by atoms with Crippen LogP contribution in [0, 0.1) is 0 Å². The lowest BCUT2D eigenvalue weighted by atomic mass is 10.1. The fourth-order valence-corrected chi connectivity index (χ4v) is 2.34. The third kappa shape index (κ3) is 3.20. The summed E-state index contributed by atoms with van der Waals surface area (Å²) in [5, 5.41) is 0. The first-order chi connectivity index (χ1) is 9.26. The zero-order valence-electron chi connectivity index (χ0n) is 11.4. The van der Waals surface area contributed by atoms with E-state index in [0.717, 1.165) is 36.2 Å². The Kier molecular flexibility index (Phi) is 4.68. The second-order valence-electron chi connectivity index (χ2n) is 4.72. The first kappa shape index (κ1) is 13.7. The Balaban J connectivity index is 2.13. The quantitative estimate of drug-likeness (QED) is 0.776. The molecule has 0 aliphatic heterocycles. The number of nitrogens with two attached hydrogens (primary N) is 1. The maximum Gasteiger partial charge on any atom is 0.140 e. The van der Waals surface area contributed by atoms with E-state index >= 15 is 0 Å². The Hall–Kier alpha value is -1.68. The molecule has 0 bridgehead atoms. The highest BCUT2D eigenvalue weighted by Crippen LogP contribution is 2.16. The third-order valence-corrected chi connectivity index (χ3v) is 3.31. The van der Waals surface area contributed by atoms with Crippen LogP contribution in [0.3, 0.4) is 0 Å². The smallest absolute Gasteiger partial charge is 0.140 e. The molecule has 0 atom stereocenters. The zero-order chi connectivity index (χ0) is 13.7. The number of imidazole rings is 1. The number of carbonyl (C=O) groups is 1. The van der Waals surface area contributed by atoms with Crippen LogP contribution >= 0.6 is 0 Å². The van der Waals surface area contributed by atoms with Gasteiger partial charge in [0, 0.05) is 13.0 Å². The molecular formula is C15H21N3O. The molecule has 0 aliphatic carbocycles. The van der Waals surface area contributed by atoms with Gasteiger partial charge < -0.3 is 10.3 Å². The lowest BCUT2D eigenvalue weighted by Gasteiger charge is -2.05. The molecule has 2 N–H and O–H groups in total. The van der Waals surface area contributed by atoms with Crippen molar-refractivity contribution in [3.63, 3.8) is 0 Å². The lowest BCUT2D eigenvalue weighted by molar-refractivity contribution is -0.118. The number of hydrogen-bond acceptors (Lipinski definition) is 3. The maximum atomic E-state index is 11.9. The van der Waals surface area contributed by atoms with Crippen molar-refractivity contribution in [2.24, 2.45) is 5.73 Å². The number of benzene rings is 1. The highest BCUT2D eigenvalue weighted by molar-refractivity contribution is 5.82. The summed E-state index contributed by atoms with van der Waals surface area (Å²) in [5.74, 6) is 1.12.